The van der Waals surface area contributed by atoms with E-state index < -0.39 is 0 Å². The average Bonchev–Trinajstić information content (AvgIpc) is 2.80. The molecule has 2 aromatic heterocycles. The highest BCUT2D eigenvalue weighted by molar-refractivity contribution is 5.91. The highest BCUT2D eigenvalue weighted by atomic mass is 16.5. The molecule has 0 unspecified atom stereocenters. The van der Waals surface area contributed by atoms with Gasteiger partial charge in [-0.15, -0.1) is 0 Å². The van der Waals surface area contributed by atoms with E-state index in [0.717, 1.165) is 55.1 Å². The lowest BCUT2D eigenvalue weighted by atomic mass is 9.94. The lowest BCUT2D eigenvalue weighted by Crippen LogP contribution is -2.40. The summed E-state index contributed by atoms with van der Waals surface area (Å²) in [5.74, 6) is 1.77. The molecule has 0 aliphatic carbocycles. The minimum Gasteiger partial charge on any atom is -0.496 e. The lowest BCUT2D eigenvalue weighted by molar-refractivity contribution is -0.117. The predicted molar refractivity (Wildman–Crippen MR) is 121 cm³/mol. The molecule has 1 fully saturated rings. The Morgan fingerprint density at radius 2 is 2.00 bits per heavy atom. The number of nitrogens with zero attached hydrogens (tertiary/aromatic N) is 3. The van der Waals surface area contributed by atoms with Crippen LogP contribution in [0.4, 0.5) is 5.82 Å². The molecule has 1 amide bonds. The van der Waals surface area contributed by atoms with Gasteiger partial charge in [0.2, 0.25) is 5.91 Å². The van der Waals surface area contributed by atoms with Crippen molar-refractivity contribution in [2.75, 3.05) is 32.1 Å². The molecule has 4 rings (SSSR count). The van der Waals surface area contributed by atoms with Crippen LogP contribution >= 0.6 is 0 Å². The molecule has 0 radical (unpaired) electrons. The molecule has 160 valence electrons. The van der Waals surface area contributed by atoms with Gasteiger partial charge in [-0.05, 0) is 49.7 Å². The number of benzene rings is 1. The zero-order valence-corrected chi connectivity index (χ0v) is 17.8. The monoisotopic (exact) mass is 416 g/mol. The van der Waals surface area contributed by atoms with Crippen molar-refractivity contribution in [1.82, 2.24) is 14.9 Å². The summed E-state index contributed by atoms with van der Waals surface area (Å²) in [7, 11) is 1.70. The number of methoxy groups -OCH3 is 1. The minimum absolute atomic E-state index is 0.0303. The highest BCUT2D eigenvalue weighted by Crippen LogP contribution is 2.27. The number of ether oxygens (including phenoxy) is 1. The second kappa shape index (κ2) is 10.2. The van der Waals surface area contributed by atoms with Crippen LogP contribution in [-0.2, 0) is 11.2 Å². The number of anilines is 1. The van der Waals surface area contributed by atoms with Crippen LogP contribution in [0, 0.1) is 0 Å². The van der Waals surface area contributed by atoms with E-state index in [0.29, 0.717) is 18.3 Å². The highest BCUT2D eigenvalue weighted by Gasteiger charge is 2.24. The Bertz CT molecular complexity index is 1010. The fourth-order valence-electron chi connectivity index (χ4n) is 4.13. The summed E-state index contributed by atoms with van der Waals surface area (Å²) in [4.78, 5) is 23.7. The molecule has 1 aromatic carbocycles. The van der Waals surface area contributed by atoms with E-state index in [1.165, 1.54) is 0 Å². The minimum atomic E-state index is -0.0303. The quantitative estimate of drug-likeness (QED) is 0.633. The molecule has 1 N–H and O–H groups in total. The van der Waals surface area contributed by atoms with Gasteiger partial charge in [-0.2, -0.15) is 0 Å². The van der Waals surface area contributed by atoms with Crippen molar-refractivity contribution in [2.24, 2.45) is 0 Å². The van der Waals surface area contributed by atoms with Crippen LogP contribution in [-0.4, -0.2) is 47.5 Å². The Morgan fingerprint density at radius 3 is 2.84 bits per heavy atom. The molecule has 1 aliphatic rings. The van der Waals surface area contributed by atoms with Crippen LogP contribution in [0.1, 0.15) is 35.7 Å². The summed E-state index contributed by atoms with van der Waals surface area (Å²) >= 11 is 0. The van der Waals surface area contributed by atoms with Gasteiger partial charge in [-0.25, -0.2) is 4.98 Å². The number of pyridine rings is 2. The van der Waals surface area contributed by atoms with Crippen LogP contribution in [0.2, 0.25) is 0 Å². The molecule has 3 heterocycles. The van der Waals surface area contributed by atoms with Crippen molar-refractivity contribution in [2.45, 2.75) is 25.2 Å². The van der Waals surface area contributed by atoms with E-state index in [9.17, 15) is 4.79 Å². The fourth-order valence-corrected chi connectivity index (χ4v) is 4.13. The number of hydrogen-bond acceptors (Lipinski definition) is 5. The molecule has 6 heteroatoms. The van der Waals surface area contributed by atoms with E-state index in [4.69, 9.17) is 9.72 Å². The summed E-state index contributed by atoms with van der Waals surface area (Å²) in [6.45, 7) is 2.13. The summed E-state index contributed by atoms with van der Waals surface area (Å²) < 4.78 is 5.48. The summed E-state index contributed by atoms with van der Waals surface area (Å²) in [6, 6.07) is 19.8. The van der Waals surface area contributed by atoms with Crippen molar-refractivity contribution < 1.29 is 9.53 Å². The van der Waals surface area contributed by atoms with Crippen LogP contribution in [0.25, 0.3) is 0 Å². The third kappa shape index (κ3) is 5.67. The molecular formula is C25H28N4O2. The first-order valence-electron chi connectivity index (χ1n) is 10.7. The third-order valence-electron chi connectivity index (χ3n) is 5.62. The number of carbonyl (C=O) groups is 1. The van der Waals surface area contributed by atoms with E-state index in [2.05, 4.69) is 39.5 Å². The van der Waals surface area contributed by atoms with Gasteiger partial charge in [-0.1, -0.05) is 30.3 Å². The van der Waals surface area contributed by atoms with Gasteiger partial charge in [0.15, 0.2) is 0 Å². The maximum Gasteiger partial charge on any atom is 0.239 e. The number of amides is 1. The van der Waals surface area contributed by atoms with Crippen LogP contribution < -0.4 is 10.1 Å². The van der Waals surface area contributed by atoms with E-state index >= 15 is 0 Å². The first-order chi connectivity index (χ1) is 15.2. The topological polar surface area (TPSA) is 67.3 Å². The molecule has 0 bridgehead atoms. The molecule has 0 spiro atoms. The Labute approximate surface area is 183 Å². The number of rotatable bonds is 7. The standard InChI is InChI=1S/C25H28N4O2/c1-31-23-12-3-2-8-19(23)16-21-10-6-11-22(27-21)20-9-7-15-29(17-20)18-25(30)28-24-13-4-5-14-26-24/h2-6,8,10-14,20H,7,9,15-18H2,1H3,(H,26,28,30)/t20-/m0/s1. The van der Waals surface area contributed by atoms with Gasteiger partial charge in [0, 0.05) is 42.0 Å². The second-order valence-corrected chi connectivity index (χ2v) is 7.88. The van der Waals surface area contributed by atoms with Crippen molar-refractivity contribution in [1.29, 1.82) is 0 Å². The molecule has 1 aliphatic heterocycles. The van der Waals surface area contributed by atoms with Crippen molar-refractivity contribution in [3.05, 3.63) is 83.8 Å². The zero-order valence-electron chi connectivity index (χ0n) is 17.8. The first-order valence-corrected chi connectivity index (χ1v) is 10.7. The Hall–Kier alpha value is -3.25. The average molecular weight is 417 g/mol. The Morgan fingerprint density at radius 1 is 1.13 bits per heavy atom. The number of carbonyl (C=O) groups excluding carboxylic acids is 1. The number of hydrogen-bond donors (Lipinski definition) is 1. The molecule has 0 saturated carbocycles. The maximum absolute atomic E-state index is 12.4. The SMILES string of the molecule is COc1ccccc1Cc1cccc([C@H]2CCCN(CC(=O)Nc3ccccn3)C2)n1. The molecule has 31 heavy (non-hydrogen) atoms. The molecule has 3 aromatic rings. The Balaban J connectivity index is 1.39. The van der Waals surface area contributed by atoms with Crippen LogP contribution in [0.3, 0.4) is 0 Å². The predicted octanol–water partition coefficient (Wildman–Crippen LogP) is 3.89. The third-order valence-corrected chi connectivity index (χ3v) is 5.62. The number of para-hydroxylation sites is 1. The van der Waals surface area contributed by atoms with Gasteiger partial charge in [0.25, 0.3) is 0 Å². The second-order valence-electron chi connectivity index (χ2n) is 7.88. The largest absolute Gasteiger partial charge is 0.496 e. The molecule has 1 saturated heterocycles. The van der Waals surface area contributed by atoms with E-state index in [1.807, 2.05) is 30.3 Å². The first kappa shape index (κ1) is 21.0. The summed E-state index contributed by atoms with van der Waals surface area (Å²) in [6.07, 6.45) is 4.56. The van der Waals surface area contributed by atoms with Crippen LogP contribution in [0.5, 0.6) is 5.75 Å². The van der Waals surface area contributed by atoms with Crippen LogP contribution in [0.15, 0.2) is 66.9 Å². The molecule has 1 atom stereocenters. The lowest BCUT2D eigenvalue weighted by Gasteiger charge is -2.32. The number of nitrogens with one attached hydrogen (secondary N) is 1. The van der Waals surface area contributed by atoms with Crippen molar-refractivity contribution in [3.8, 4) is 5.75 Å². The van der Waals surface area contributed by atoms with Gasteiger partial charge in [0.1, 0.15) is 11.6 Å². The fraction of sp³-hybridized carbons (Fsp3) is 0.320. The van der Waals surface area contributed by atoms with Crippen molar-refractivity contribution in [3.63, 3.8) is 0 Å². The number of aromatic nitrogens is 2. The maximum atomic E-state index is 12.4. The zero-order chi connectivity index (χ0) is 21.5. The smallest absolute Gasteiger partial charge is 0.239 e. The number of likely N-dealkylation sites (tertiary alicyclic amines) is 1. The normalized spacial score (nSPS) is 16.6. The van der Waals surface area contributed by atoms with Gasteiger partial charge in [0.05, 0.1) is 13.7 Å². The van der Waals surface area contributed by atoms with E-state index in [1.54, 1.807) is 19.4 Å². The van der Waals surface area contributed by atoms with Gasteiger partial charge in [-0.3, -0.25) is 14.7 Å². The molecular weight excluding hydrogens is 388 g/mol. The Kier molecular flexibility index (Phi) is 6.89. The van der Waals surface area contributed by atoms with E-state index in [-0.39, 0.29) is 5.91 Å². The van der Waals surface area contributed by atoms with Crippen molar-refractivity contribution >= 4 is 11.7 Å². The molecule has 6 nitrogen and oxygen atoms in total. The summed E-state index contributed by atoms with van der Waals surface area (Å²) in [5.41, 5.74) is 3.26. The summed E-state index contributed by atoms with van der Waals surface area (Å²) in [5, 5.41) is 2.87. The number of piperidine rings is 1. The van der Waals surface area contributed by atoms with Gasteiger partial charge < -0.3 is 10.1 Å². The van der Waals surface area contributed by atoms with Gasteiger partial charge >= 0.3 is 0 Å².